The molecule has 0 saturated carbocycles. The molecule has 0 bridgehead atoms. The molecule has 0 atom stereocenters. The van der Waals surface area contributed by atoms with Crippen LogP contribution in [0.5, 0.6) is 11.5 Å². The van der Waals surface area contributed by atoms with Crippen molar-refractivity contribution in [3.05, 3.63) is 157 Å². The van der Waals surface area contributed by atoms with Crippen molar-refractivity contribution in [2.45, 2.75) is 0 Å². The molecule has 0 aromatic heterocycles. The van der Waals surface area contributed by atoms with Gasteiger partial charge in [0.1, 0.15) is 24.7 Å². The molecule has 2 nitrogen and oxygen atoms in total. The van der Waals surface area contributed by atoms with Crippen molar-refractivity contribution in [1.29, 1.82) is 0 Å². The molecule has 0 aliphatic carbocycles. The van der Waals surface area contributed by atoms with E-state index in [1.807, 2.05) is 36.4 Å². The van der Waals surface area contributed by atoms with Gasteiger partial charge in [-0.2, -0.15) is 0 Å². The summed E-state index contributed by atoms with van der Waals surface area (Å²) in [7, 11) is 0. The highest BCUT2D eigenvalue weighted by Gasteiger charge is 2.18. The van der Waals surface area contributed by atoms with E-state index in [-0.39, 0.29) is 0 Å². The maximum absolute atomic E-state index is 6.45. The second-order valence-electron chi connectivity index (χ2n) is 9.57. The fourth-order valence-corrected chi connectivity index (χ4v) is 5.03. The molecule has 0 spiro atoms. The van der Waals surface area contributed by atoms with Gasteiger partial charge in [-0.05, 0) is 57.0 Å². The lowest BCUT2D eigenvalue weighted by Crippen LogP contribution is -2.00. The van der Waals surface area contributed by atoms with Crippen LogP contribution in [0.2, 0.25) is 0 Å². The zero-order valence-electron chi connectivity index (χ0n) is 22.2. The molecule has 40 heavy (non-hydrogen) atoms. The van der Waals surface area contributed by atoms with E-state index >= 15 is 0 Å². The van der Waals surface area contributed by atoms with Crippen LogP contribution in [0.15, 0.2) is 146 Å². The third-order valence-corrected chi connectivity index (χ3v) is 6.92. The molecule has 0 heterocycles. The Morgan fingerprint density at radius 3 is 1.25 bits per heavy atom. The van der Waals surface area contributed by atoms with Crippen molar-refractivity contribution < 1.29 is 9.47 Å². The van der Waals surface area contributed by atoms with Crippen LogP contribution in [0.4, 0.5) is 0 Å². The van der Waals surface area contributed by atoms with Crippen LogP contribution in [0.25, 0.3) is 44.8 Å². The van der Waals surface area contributed by atoms with Crippen molar-refractivity contribution in [2.24, 2.45) is 0 Å². The van der Waals surface area contributed by atoms with Gasteiger partial charge in [0.05, 0.1) is 0 Å². The number of rotatable bonds is 9. The molecule has 0 unspecified atom stereocenters. The summed E-state index contributed by atoms with van der Waals surface area (Å²) in [5.74, 6) is 1.66. The van der Waals surface area contributed by atoms with Gasteiger partial charge in [-0.1, -0.05) is 133 Å². The molecule has 0 N–H and O–H groups in total. The first-order chi connectivity index (χ1) is 19.9. The van der Waals surface area contributed by atoms with Gasteiger partial charge in [0.2, 0.25) is 0 Å². The Labute approximate surface area is 235 Å². The van der Waals surface area contributed by atoms with E-state index < -0.39 is 0 Å². The highest BCUT2D eigenvalue weighted by Crippen LogP contribution is 2.45. The standard InChI is InChI=1S/C38H30O2/c1-3-13-29(14-4-1)17-11-27-39-35-25-23-31-19-7-9-21-33(31)37(35)38-34-22-10-8-20-32(34)24-26-36(38)40-28-12-18-30-15-5-2-6-16-30/h1-26H,27-28H2/b17-11+,18-12+. The Kier molecular flexibility index (Phi) is 7.68. The molecule has 194 valence electrons. The van der Waals surface area contributed by atoms with Gasteiger partial charge in [0.15, 0.2) is 0 Å². The Hall–Kier alpha value is -5.08. The number of hydrogen-bond acceptors (Lipinski definition) is 2. The average Bonchev–Trinajstić information content (AvgIpc) is 3.02. The lowest BCUT2D eigenvalue weighted by atomic mass is 9.92. The minimum absolute atomic E-state index is 0.459. The van der Waals surface area contributed by atoms with Gasteiger partial charge in [-0.15, -0.1) is 0 Å². The largest absolute Gasteiger partial charge is 0.489 e. The number of fused-ring (bicyclic) bond motifs is 2. The summed E-state index contributed by atoms with van der Waals surface area (Å²) in [5, 5.41) is 4.58. The monoisotopic (exact) mass is 518 g/mol. The van der Waals surface area contributed by atoms with Crippen LogP contribution in [0.3, 0.4) is 0 Å². The van der Waals surface area contributed by atoms with Gasteiger partial charge in [0.25, 0.3) is 0 Å². The lowest BCUT2D eigenvalue weighted by Gasteiger charge is -2.19. The van der Waals surface area contributed by atoms with E-state index in [2.05, 4.69) is 121 Å². The molecule has 0 radical (unpaired) electrons. The van der Waals surface area contributed by atoms with E-state index in [0.29, 0.717) is 13.2 Å². The number of benzene rings is 6. The average molecular weight is 519 g/mol. The quantitative estimate of drug-likeness (QED) is 0.190. The fraction of sp³-hybridized carbons (Fsp3) is 0.0526. The van der Waals surface area contributed by atoms with Gasteiger partial charge in [-0.25, -0.2) is 0 Å². The summed E-state index contributed by atoms with van der Waals surface area (Å²) < 4.78 is 12.9. The predicted octanol–water partition coefficient (Wildman–Crippen LogP) is 9.84. The Morgan fingerprint density at radius 1 is 0.400 bits per heavy atom. The third-order valence-electron chi connectivity index (χ3n) is 6.92. The van der Waals surface area contributed by atoms with Crippen LogP contribution in [-0.4, -0.2) is 13.2 Å². The first-order valence-electron chi connectivity index (χ1n) is 13.6. The van der Waals surface area contributed by atoms with Crippen LogP contribution >= 0.6 is 0 Å². The lowest BCUT2D eigenvalue weighted by molar-refractivity contribution is 0.360. The SMILES string of the molecule is C(=C\c1ccccc1)/COc1ccc2ccccc2c1-c1c(OC/C=C/c2ccccc2)ccc2ccccc12. The molecular formula is C38H30O2. The van der Waals surface area contributed by atoms with Crippen molar-refractivity contribution in [1.82, 2.24) is 0 Å². The minimum atomic E-state index is 0.459. The molecule has 6 rings (SSSR count). The van der Waals surface area contributed by atoms with Crippen molar-refractivity contribution in [3.8, 4) is 22.6 Å². The maximum Gasteiger partial charge on any atom is 0.128 e. The Morgan fingerprint density at radius 2 is 0.800 bits per heavy atom. The van der Waals surface area contributed by atoms with Gasteiger partial charge < -0.3 is 9.47 Å². The summed E-state index contributed by atoms with van der Waals surface area (Å²) >= 11 is 0. The summed E-state index contributed by atoms with van der Waals surface area (Å²) in [6, 6.07) is 45.9. The molecular weight excluding hydrogens is 488 g/mol. The minimum Gasteiger partial charge on any atom is -0.489 e. The van der Waals surface area contributed by atoms with E-state index in [9.17, 15) is 0 Å². The predicted molar refractivity (Wildman–Crippen MR) is 169 cm³/mol. The molecule has 0 fully saturated rings. The van der Waals surface area contributed by atoms with Crippen LogP contribution in [0, 0.1) is 0 Å². The summed E-state index contributed by atoms with van der Waals surface area (Å²) in [4.78, 5) is 0. The summed E-state index contributed by atoms with van der Waals surface area (Å²) in [6.45, 7) is 0.919. The number of hydrogen-bond donors (Lipinski definition) is 0. The van der Waals surface area contributed by atoms with E-state index in [4.69, 9.17) is 9.47 Å². The molecule has 0 aliphatic rings. The summed E-state index contributed by atoms with van der Waals surface area (Å²) in [5.41, 5.74) is 4.39. The van der Waals surface area contributed by atoms with Gasteiger partial charge >= 0.3 is 0 Å². The zero-order chi connectivity index (χ0) is 27.0. The summed E-state index contributed by atoms with van der Waals surface area (Å²) in [6.07, 6.45) is 8.30. The fourth-order valence-electron chi connectivity index (χ4n) is 5.03. The van der Waals surface area contributed by atoms with Crippen LogP contribution in [0.1, 0.15) is 11.1 Å². The van der Waals surface area contributed by atoms with Crippen molar-refractivity contribution in [3.63, 3.8) is 0 Å². The normalized spacial score (nSPS) is 11.5. The van der Waals surface area contributed by atoms with Crippen molar-refractivity contribution in [2.75, 3.05) is 13.2 Å². The van der Waals surface area contributed by atoms with E-state index in [1.165, 1.54) is 0 Å². The molecule has 0 amide bonds. The molecule has 6 aromatic carbocycles. The topological polar surface area (TPSA) is 18.5 Å². The van der Waals surface area contributed by atoms with Crippen molar-refractivity contribution >= 4 is 33.7 Å². The second-order valence-corrected chi connectivity index (χ2v) is 9.57. The Balaban J connectivity index is 1.40. The molecule has 0 aliphatic heterocycles. The van der Waals surface area contributed by atoms with E-state index in [0.717, 1.165) is 55.3 Å². The second kappa shape index (κ2) is 12.2. The van der Waals surface area contributed by atoms with Gasteiger partial charge in [-0.3, -0.25) is 0 Å². The molecule has 0 saturated heterocycles. The third kappa shape index (κ3) is 5.67. The first-order valence-corrected chi connectivity index (χ1v) is 13.6. The first kappa shape index (κ1) is 25.2. The highest BCUT2D eigenvalue weighted by atomic mass is 16.5. The molecule has 6 aromatic rings. The maximum atomic E-state index is 6.45. The number of ether oxygens (including phenoxy) is 2. The Bertz CT molecular complexity index is 1650. The zero-order valence-corrected chi connectivity index (χ0v) is 22.2. The molecule has 2 heteroatoms. The van der Waals surface area contributed by atoms with Gasteiger partial charge in [0, 0.05) is 11.1 Å². The van der Waals surface area contributed by atoms with Crippen LogP contribution < -0.4 is 9.47 Å². The smallest absolute Gasteiger partial charge is 0.128 e. The highest BCUT2D eigenvalue weighted by molar-refractivity contribution is 6.09. The van der Waals surface area contributed by atoms with E-state index in [1.54, 1.807) is 0 Å². The van der Waals surface area contributed by atoms with Crippen LogP contribution in [-0.2, 0) is 0 Å².